The molecule has 5 aliphatic carbocycles. The van der Waals surface area contributed by atoms with Crippen LogP contribution >= 0.6 is 17.6 Å². The fraction of sp³-hybridized carbons (Fsp3) is 0.696. The van der Waals surface area contributed by atoms with Crippen molar-refractivity contribution in [3.05, 3.63) is 77.1 Å². The predicted molar refractivity (Wildman–Crippen MR) is 225 cm³/mol. The van der Waals surface area contributed by atoms with Crippen molar-refractivity contribution in [3.63, 3.8) is 0 Å². The van der Waals surface area contributed by atoms with Crippen molar-refractivity contribution in [1.29, 1.82) is 0 Å². The summed E-state index contributed by atoms with van der Waals surface area (Å²) in [5.74, 6) is 2.11. The zero-order chi connectivity index (χ0) is 36.2. The van der Waals surface area contributed by atoms with E-state index in [1.807, 2.05) is 18.2 Å². The summed E-state index contributed by atoms with van der Waals surface area (Å²) in [5.41, 5.74) is 11.0. The van der Waals surface area contributed by atoms with Crippen molar-refractivity contribution in [2.75, 3.05) is 13.1 Å². The Hall–Kier alpha value is 0.0368. The number of rotatable bonds is 6. The average Bonchev–Trinajstić information content (AvgIpc) is 3.59. The zero-order valence-corrected chi connectivity index (χ0v) is 38.9. The molecule has 1 aromatic rings. The van der Waals surface area contributed by atoms with E-state index < -0.39 is 0 Å². The van der Waals surface area contributed by atoms with Gasteiger partial charge in [-0.25, -0.2) is 0 Å². The van der Waals surface area contributed by atoms with Crippen molar-refractivity contribution in [2.45, 2.75) is 174 Å². The summed E-state index contributed by atoms with van der Waals surface area (Å²) in [6.07, 6.45) is 31.2. The van der Waals surface area contributed by atoms with E-state index in [-0.39, 0.29) is 43.1 Å². The van der Waals surface area contributed by atoms with Gasteiger partial charge in [0.05, 0.1) is 17.0 Å². The average molecular weight is 923 g/mol. The Bertz CT molecular complexity index is 1270. The maximum absolute atomic E-state index is 5.57. The molecule has 1 aliphatic heterocycles. The topological polar surface area (TPSA) is 6.48 Å². The normalized spacial score (nSPS) is 28.6. The van der Waals surface area contributed by atoms with Crippen LogP contribution in [0.2, 0.25) is 0 Å². The first-order valence-corrected chi connectivity index (χ1v) is 26.1. The number of benzene rings is 1. The van der Waals surface area contributed by atoms with Crippen molar-refractivity contribution in [2.24, 2.45) is 17.8 Å². The van der Waals surface area contributed by atoms with Gasteiger partial charge in [0.1, 0.15) is 0 Å². The van der Waals surface area contributed by atoms with E-state index in [1.54, 1.807) is 102 Å². The summed E-state index contributed by atoms with van der Waals surface area (Å²) in [4.78, 5) is 5.13. The molecule has 2 nitrogen and oxygen atoms in total. The molecule has 4 fully saturated rings. The second-order valence-corrected chi connectivity index (χ2v) is 22.6. The van der Waals surface area contributed by atoms with Crippen LogP contribution in [0.25, 0.3) is 0 Å². The van der Waals surface area contributed by atoms with Crippen LogP contribution in [0.4, 0.5) is 0 Å². The fourth-order valence-corrected chi connectivity index (χ4v) is 17.4. The fourth-order valence-electron chi connectivity index (χ4n) is 11.1. The first-order valence-electron chi connectivity index (χ1n) is 21.2. The monoisotopic (exact) mass is 923 g/mol. The summed E-state index contributed by atoms with van der Waals surface area (Å²) in [5, 5.41) is 0. The van der Waals surface area contributed by atoms with Crippen LogP contribution in [-0.4, -0.2) is 50.5 Å². The third-order valence-electron chi connectivity index (χ3n) is 13.0. The van der Waals surface area contributed by atoms with Gasteiger partial charge in [-0.2, -0.15) is 6.67 Å². The van der Waals surface area contributed by atoms with E-state index in [1.165, 1.54) is 52.2 Å². The molecule has 0 bridgehead atoms. The van der Waals surface area contributed by atoms with Crippen LogP contribution < -0.4 is 0 Å². The molecule has 6 aliphatic rings. The van der Waals surface area contributed by atoms with Crippen LogP contribution in [0.15, 0.2) is 64.9 Å². The van der Waals surface area contributed by atoms with Gasteiger partial charge in [0, 0.05) is 33.4 Å². The Morgan fingerprint density at radius 3 is 1.79 bits per heavy atom. The molecule has 0 N–H and O–H groups in total. The summed E-state index contributed by atoms with van der Waals surface area (Å²) < 4.78 is 2.06. The van der Waals surface area contributed by atoms with Gasteiger partial charge < -0.3 is 9.80 Å². The second kappa shape index (κ2) is 23.3. The van der Waals surface area contributed by atoms with Crippen molar-refractivity contribution in [3.8, 4) is 0 Å². The molecular formula is C46H73ClN2PRu2. The minimum atomic E-state index is -0.0765. The van der Waals surface area contributed by atoms with E-state index in [0.717, 1.165) is 24.9 Å². The molecule has 0 aromatic heterocycles. The maximum Gasteiger partial charge on any atom is 0 e. The molecule has 0 amide bonds. The first-order chi connectivity index (χ1) is 24.7. The number of halogens is 1. The third kappa shape index (κ3) is 13.0. The van der Waals surface area contributed by atoms with E-state index in [0.29, 0.717) is 12.0 Å². The molecule has 0 radical (unpaired) electrons. The molecule has 1 saturated heterocycles. The van der Waals surface area contributed by atoms with Gasteiger partial charge in [-0.15, -0.1) is 0 Å². The van der Waals surface area contributed by atoms with Crippen molar-refractivity contribution >= 4 is 22.2 Å². The van der Waals surface area contributed by atoms with Crippen LogP contribution in [0.5, 0.6) is 0 Å². The van der Waals surface area contributed by atoms with Gasteiger partial charge in [-0.1, -0.05) is 63.3 Å². The second-order valence-electron chi connectivity index (χ2n) is 17.4. The SMILES string of the molecule is C1CCC([PH+](C2CCCCC2)C2CCCCC2)CC1.CC1=CC(C)=C(N2[CH-]N([C@H]3C(C)=CC(C)C[C@H]3C)CC2)[C@@H](C)C1.[Cl][Ru]=[CH]c1ccccc1.[Ru]. The van der Waals surface area contributed by atoms with Gasteiger partial charge in [0.2, 0.25) is 0 Å². The Morgan fingerprint density at radius 2 is 1.31 bits per heavy atom. The Labute approximate surface area is 346 Å². The minimum absolute atomic E-state index is 0. The first kappa shape index (κ1) is 44.7. The van der Waals surface area contributed by atoms with Crippen LogP contribution in [0, 0.1) is 24.4 Å². The maximum atomic E-state index is 5.57. The molecule has 0 spiro atoms. The molecule has 3 saturated carbocycles. The molecule has 1 aromatic carbocycles. The molecule has 52 heavy (non-hydrogen) atoms. The van der Waals surface area contributed by atoms with Crippen LogP contribution in [-0.2, 0) is 35.2 Å². The largest absolute Gasteiger partial charge is 0 e. The third-order valence-corrected chi connectivity index (χ3v) is 18.8. The molecule has 1 heterocycles. The van der Waals surface area contributed by atoms with Crippen molar-refractivity contribution in [1.82, 2.24) is 9.80 Å². The minimum Gasteiger partial charge on any atom is 0 e. The van der Waals surface area contributed by atoms with Crippen LogP contribution in [0.3, 0.4) is 0 Å². The number of nitrogens with zero attached hydrogens (tertiary/aromatic N) is 2. The summed E-state index contributed by atoms with van der Waals surface area (Å²) in [6.45, 7) is 18.7. The van der Waals surface area contributed by atoms with E-state index in [4.69, 9.17) is 9.69 Å². The summed E-state index contributed by atoms with van der Waals surface area (Å²) >= 11 is -0.0765. The predicted octanol–water partition coefficient (Wildman–Crippen LogP) is 13.2. The standard InChI is InChI=1S/C21H33N2.C18H33P.C7H6.ClH.2Ru/c1-14-9-16(3)20(17(4)10-14)22-7-8-23(13-22)21-18(5)11-15(2)12-19(21)6;1-4-10-16(11-5-1)19(17-12-6-2-7-13-17)18-14-8-3-9-15-18;1-7-5-3-2-4-6-7;;;/h9,11,13-14,17,19-20H,7-8,10,12H2,1-6H3;16-18H,1-15H2;1-6H;1H;;/q-1;;;;;+1/t14?,17-,19+,20+;;;;;/m1...../s1. The van der Waals surface area contributed by atoms with Gasteiger partial charge in [-0.05, 0) is 153 Å². The Kier molecular flexibility index (Phi) is 20.1. The van der Waals surface area contributed by atoms with Gasteiger partial charge in [0.15, 0.2) is 0 Å². The summed E-state index contributed by atoms with van der Waals surface area (Å²) in [6, 6.07) is 10.7. The summed E-state index contributed by atoms with van der Waals surface area (Å²) in [7, 11) is 5.52. The van der Waals surface area contributed by atoms with E-state index >= 15 is 0 Å². The van der Waals surface area contributed by atoms with E-state index in [9.17, 15) is 0 Å². The quantitative estimate of drug-likeness (QED) is 0.121. The van der Waals surface area contributed by atoms with Crippen LogP contribution in [0.1, 0.15) is 156 Å². The Balaban J connectivity index is 0.000000188. The zero-order valence-electron chi connectivity index (χ0n) is 33.7. The smallest absolute Gasteiger partial charge is 0 e. The number of allylic oxidation sites excluding steroid dienone is 5. The molecule has 1 unspecified atom stereocenters. The molecule has 7 rings (SSSR count). The number of hydrogen-bond donors (Lipinski definition) is 0. The molecule has 6 heteroatoms. The van der Waals surface area contributed by atoms with Gasteiger partial charge >= 0.3 is 65.9 Å². The number of hydrogen-bond acceptors (Lipinski definition) is 2. The van der Waals surface area contributed by atoms with E-state index in [2.05, 4.69) is 86.9 Å². The van der Waals surface area contributed by atoms with Gasteiger partial charge in [-0.3, -0.25) is 0 Å². The van der Waals surface area contributed by atoms with Gasteiger partial charge in [0.25, 0.3) is 0 Å². The molecule has 295 valence electrons. The Morgan fingerprint density at radius 1 is 0.769 bits per heavy atom. The molecule has 4 atom stereocenters. The van der Waals surface area contributed by atoms with Crippen molar-refractivity contribution < 1.29 is 35.2 Å². The molecular weight excluding hydrogens is 849 g/mol.